The van der Waals surface area contributed by atoms with Gasteiger partial charge in [-0.3, -0.25) is 14.2 Å². The Bertz CT molecular complexity index is 1150. The van der Waals surface area contributed by atoms with Crippen molar-refractivity contribution in [2.24, 2.45) is 0 Å². The van der Waals surface area contributed by atoms with E-state index in [0.717, 1.165) is 11.8 Å². The van der Waals surface area contributed by atoms with E-state index in [2.05, 4.69) is 16.9 Å². The minimum atomic E-state index is -0.291. The molecule has 0 aliphatic carbocycles. The number of anilines is 1. The van der Waals surface area contributed by atoms with Crippen LogP contribution in [0.25, 0.3) is 10.9 Å². The molecule has 1 amide bonds. The van der Waals surface area contributed by atoms with Crippen molar-refractivity contribution in [3.63, 3.8) is 0 Å². The molecule has 0 radical (unpaired) electrons. The Kier molecular flexibility index (Phi) is 6.84. The molecular formula is C20H17Cl2N3O3S. The number of allylic oxidation sites excluding steroid dienone is 1. The molecule has 1 heterocycles. The van der Waals surface area contributed by atoms with Crippen molar-refractivity contribution in [1.29, 1.82) is 0 Å². The van der Waals surface area contributed by atoms with Crippen molar-refractivity contribution in [2.75, 3.05) is 18.2 Å². The van der Waals surface area contributed by atoms with Gasteiger partial charge in [0.2, 0.25) is 5.91 Å². The fourth-order valence-electron chi connectivity index (χ4n) is 2.67. The quantitative estimate of drug-likeness (QED) is 0.323. The van der Waals surface area contributed by atoms with Crippen molar-refractivity contribution in [3.8, 4) is 5.75 Å². The van der Waals surface area contributed by atoms with Gasteiger partial charge in [0.1, 0.15) is 5.75 Å². The minimum absolute atomic E-state index is 0.0331. The van der Waals surface area contributed by atoms with Gasteiger partial charge in [0.05, 0.1) is 29.5 Å². The fourth-order valence-corrected chi connectivity index (χ4v) is 3.82. The Hall–Kier alpha value is -2.48. The number of carbonyl (C=O) groups excluding carboxylic acids is 1. The Labute approximate surface area is 181 Å². The number of fused-ring (bicyclic) bond motifs is 1. The number of halogens is 2. The molecule has 0 spiro atoms. The van der Waals surface area contributed by atoms with E-state index in [1.54, 1.807) is 42.5 Å². The van der Waals surface area contributed by atoms with E-state index in [1.165, 1.54) is 11.7 Å². The molecule has 6 nitrogen and oxygen atoms in total. The van der Waals surface area contributed by atoms with Crippen molar-refractivity contribution in [2.45, 2.75) is 11.7 Å². The van der Waals surface area contributed by atoms with Gasteiger partial charge >= 0.3 is 0 Å². The van der Waals surface area contributed by atoms with Gasteiger partial charge in [-0.15, -0.1) is 6.58 Å². The summed E-state index contributed by atoms with van der Waals surface area (Å²) in [7, 11) is 1.51. The van der Waals surface area contributed by atoms with E-state index in [-0.39, 0.29) is 23.8 Å². The molecular weight excluding hydrogens is 433 g/mol. The highest BCUT2D eigenvalue weighted by Crippen LogP contribution is 2.28. The smallest absolute Gasteiger partial charge is 0.262 e. The van der Waals surface area contributed by atoms with Crippen LogP contribution in [0.5, 0.6) is 5.75 Å². The molecule has 3 rings (SSSR count). The summed E-state index contributed by atoms with van der Waals surface area (Å²) >= 11 is 13.2. The Balaban J connectivity index is 1.85. The highest BCUT2D eigenvalue weighted by molar-refractivity contribution is 7.99. The molecule has 3 aromatic rings. The SMILES string of the molecule is C=CCn1c(SCC(=O)Nc2cc(Cl)ccc2OC)nc2cc(Cl)ccc2c1=O. The number of ether oxygens (including phenoxy) is 1. The van der Waals surface area contributed by atoms with Gasteiger partial charge < -0.3 is 10.1 Å². The summed E-state index contributed by atoms with van der Waals surface area (Å²) in [6.45, 7) is 3.96. The number of hydrogen-bond donors (Lipinski definition) is 1. The molecule has 0 aliphatic heterocycles. The maximum atomic E-state index is 12.8. The number of carbonyl (C=O) groups is 1. The van der Waals surface area contributed by atoms with Crippen LogP contribution in [0.2, 0.25) is 10.0 Å². The predicted molar refractivity (Wildman–Crippen MR) is 119 cm³/mol. The van der Waals surface area contributed by atoms with Crippen LogP contribution in [0.3, 0.4) is 0 Å². The Morgan fingerprint density at radius 1 is 1.28 bits per heavy atom. The fraction of sp³-hybridized carbons (Fsp3) is 0.150. The zero-order valence-electron chi connectivity index (χ0n) is 15.4. The number of amides is 1. The number of rotatable bonds is 7. The summed E-state index contributed by atoms with van der Waals surface area (Å²) in [4.78, 5) is 29.8. The van der Waals surface area contributed by atoms with E-state index < -0.39 is 0 Å². The molecule has 1 aromatic heterocycles. The number of nitrogens with one attached hydrogen (secondary N) is 1. The summed E-state index contributed by atoms with van der Waals surface area (Å²) in [6.07, 6.45) is 1.60. The van der Waals surface area contributed by atoms with Gasteiger partial charge in [-0.25, -0.2) is 4.98 Å². The third kappa shape index (κ3) is 4.93. The molecule has 0 fully saturated rings. The summed E-state index contributed by atoms with van der Waals surface area (Å²) in [5.74, 6) is 0.238. The molecule has 0 saturated carbocycles. The first-order chi connectivity index (χ1) is 13.9. The lowest BCUT2D eigenvalue weighted by Crippen LogP contribution is -2.23. The van der Waals surface area contributed by atoms with Gasteiger partial charge in [0.25, 0.3) is 5.56 Å². The van der Waals surface area contributed by atoms with Crippen LogP contribution in [-0.2, 0) is 11.3 Å². The number of thioether (sulfide) groups is 1. The monoisotopic (exact) mass is 449 g/mol. The van der Waals surface area contributed by atoms with E-state index in [0.29, 0.717) is 37.5 Å². The lowest BCUT2D eigenvalue weighted by molar-refractivity contribution is -0.113. The van der Waals surface area contributed by atoms with Crippen LogP contribution in [0.4, 0.5) is 5.69 Å². The summed E-state index contributed by atoms with van der Waals surface area (Å²) in [5, 5.41) is 4.57. The average molecular weight is 450 g/mol. The van der Waals surface area contributed by atoms with Gasteiger partial charge in [0, 0.05) is 16.6 Å². The van der Waals surface area contributed by atoms with Gasteiger partial charge in [-0.2, -0.15) is 0 Å². The predicted octanol–water partition coefficient (Wildman–Crippen LogP) is 4.63. The van der Waals surface area contributed by atoms with Crippen molar-refractivity contribution in [3.05, 3.63) is 69.5 Å². The molecule has 150 valence electrons. The maximum absolute atomic E-state index is 12.8. The highest BCUT2D eigenvalue weighted by Gasteiger charge is 2.14. The van der Waals surface area contributed by atoms with E-state index in [4.69, 9.17) is 27.9 Å². The first-order valence-electron chi connectivity index (χ1n) is 8.50. The van der Waals surface area contributed by atoms with Crippen LogP contribution in [0, 0.1) is 0 Å². The molecule has 2 aromatic carbocycles. The molecule has 0 atom stereocenters. The van der Waals surface area contributed by atoms with Crippen molar-refractivity contribution in [1.82, 2.24) is 9.55 Å². The third-order valence-electron chi connectivity index (χ3n) is 3.96. The largest absolute Gasteiger partial charge is 0.495 e. The second kappa shape index (κ2) is 9.35. The zero-order valence-corrected chi connectivity index (χ0v) is 17.8. The standard InChI is InChI=1S/C20H17Cl2N3O3S/c1-3-8-25-19(27)14-6-4-12(21)9-15(14)24-20(25)29-11-18(26)23-16-10-13(22)5-7-17(16)28-2/h3-7,9-10H,1,8,11H2,2H3,(H,23,26). The lowest BCUT2D eigenvalue weighted by atomic mass is 10.2. The second-order valence-corrected chi connectivity index (χ2v) is 7.76. The number of nitrogens with zero attached hydrogens (tertiary/aromatic N) is 2. The van der Waals surface area contributed by atoms with Crippen LogP contribution in [0.15, 0.2) is 59.0 Å². The molecule has 0 aliphatic rings. The average Bonchev–Trinajstić information content (AvgIpc) is 2.69. The first-order valence-corrected chi connectivity index (χ1v) is 10.2. The normalized spacial score (nSPS) is 10.7. The van der Waals surface area contributed by atoms with E-state index in [1.807, 2.05) is 0 Å². The number of hydrogen-bond acceptors (Lipinski definition) is 5. The third-order valence-corrected chi connectivity index (χ3v) is 5.41. The van der Waals surface area contributed by atoms with Gasteiger partial charge in [0.15, 0.2) is 5.16 Å². The minimum Gasteiger partial charge on any atom is -0.495 e. The highest BCUT2D eigenvalue weighted by atomic mass is 35.5. The Morgan fingerprint density at radius 2 is 2.00 bits per heavy atom. The second-order valence-electron chi connectivity index (χ2n) is 5.94. The van der Waals surface area contributed by atoms with E-state index >= 15 is 0 Å². The topological polar surface area (TPSA) is 73.2 Å². The molecule has 0 bridgehead atoms. The summed E-state index contributed by atoms with van der Waals surface area (Å²) in [5.41, 5.74) is 0.723. The first kappa shape index (κ1) is 21.2. The summed E-state index contributed by atoms with van der Waals surface area (Å²) in [6, 6.07) is 9.85. The van der Waals surface area contributed by atoms with Crippen molar-refractivity contribution >= 4 is 57.5 Å². The molecule has 29 heavy (non-hydrogen) atoms. The number of aromatic nitrogens is 2. The van der Waals surface area contributed by atoms with Gasteiger partial charge in [-0.05, 0) is 36.4 Å². The van der Waals surface area contributed by atoms with Crippen molar-refractivity contribution < 1.29 is 9.53 Å². The molecule has 9 heteroatoms. The van der Waals surface area contributed by atoms with Gasteiger partial charge in [-0.1, -0.05) is 41.0 Å². The van der Waals surface area contributed by atoms with Crippen LogP contribution < -0.4 is 15.6 Å². The number of benzene rings is 2. The maximum Gasteiger partial charge on any atom is 0.262 e. The summed E-state index contributed by atoms with van der Waals surface area (Å²) < 4.78 is 6.70. The Morgan fingerprint density at radius 3 is 2.72 bits per heavy atom. The zero-order chi connectivity index (χ0) is 21.0. The lowest BCUT2D eigenvalue weighted by Gasteiger charge is -2.13. The number of methoxy groups -OCH3 is 1. The van der Waals surface area contributed by atoms with Crippen LogP contribution in [-0.4, -0.2) is 28.3 Å². The molecule has 1 N–H and O–H groups in total. The molecule has 0 saturated heterocycles. The van der Waals surface area contributed by atoms with Crippen LogP contribution in [0.1, 0.15) is 0 Å². The van der Waals surface area contributed by atoms with E-state index in [9.17, 15) is 9.59 Å². The van der Waals surface area contributed by atoms with Crippen LogP contribution >= 0.6 is 35.0 Å². The molecule has 0 unspecified atom stereocenters.